The molecule has 0 saturated heterocycles. The van der Waals surface area contributed by atoms with Crippen LogP contribution in [0.25, 0.3) is 0 Å². The topological polar surface area (TPSA) is 55.9 Å². The number of nitrogens with two attached hydrogens (primary N) is 1. The van der Waals surface area contributed by atoms with Gasteiger partial charge in [0, 0.05) is 18.8 Å². The normalized spacial score (nSPS) is 10.7. The van der Waals surface area contributed by atoms with E-state index in [2.05, 4.69) is 16.5 Å². The minimum atomic E-state index is -0.314. The number of aromatic nitrogens is 2. The van der Waals surface area contributed by atoms with Gasteiger partial charge in [0.25, 0.3) is 0 Å². The Morgan fingerprint density at radius 3 is 2.74 bits per heavy atom. The third-order valence-electron chi connectivity index (χ3n) is 2.98. The van der Waals surface area contributed by atoms with Crippen LogP contribution in [-0.4, -0.2) is 16.3 Å². The number of aryl methyl sites for hydroxylation is 3. The van der Waals surface area contributed by atoms with Crippen LogP contribution in [0.3, 0.4) is 0 Å². The second-order valence-corrected chi connectivity index (χ2v) is 4.66. The van der Waals surface area contributed by atoms with E-state index in [1.54, 1.807) is 6.07 Å². The van der Waals surface area contributed by atoms with Crippen molar-refractivity contribution in [1.29, 1.82) is 0 Å². The smallest absolute Gasteiger partial charge is 0.125 e. The predicted octanol–water partition coefficient (Wildman–Crippen LogP) is 2.72. The van der Waals surface area contributed by atoms with Gasteiger partial charge in [0.15, 0.2) is 0 Å². The Morgan fingerprint density at radius 1 is 1.32 bits per heavy atom. The molecule has 0 unspecified atom stereocenters. The SMILES string of the molecule is Cc1cc(C)n(CCCNc2ccc(F)cc2N)n1. The summed E-state index contributed by atoms with van der Waals surface area (Å²) in [5.74, 6) is -0.314. The Hall–Kier alpha value is -2.04. The molecule has 1 aromatic heterocycles. The lowest BCUT2D eigenvalue weighted by atomic mass is 10.2. The molecule has 0 bridgehead atoms. The molecule has 0 spiro atoms. The zero-order valence-corrected chi connectivity index (χ0v) is 11.3. The Balaban J connectivity index is 1.82. The van der Waals surface area contributed by atoms with Gasteiger partial charge in [0.05, 0.1) is 17.1 Å². The first kappa shape index (κ1) is 13.4. The van der Waals surface area contributed by atoms with E-state index in [9.17, 15) is 4.39 Å². The second kappa shape index (κ2) is 5.73. The fourth-order valence-corrected chi connectivity index (χ4v) is 2.05. The van der Waals surface area contributed by atoms with Crippen molar-refractivity contribution in [3.63, 3.8) is 0 Å². The van der Waals surface area contributed by atoms with Gasteiger partial charge in [-0.2, -0.15) is 5.10 Å². The molecule has 5 heteroatoms. The van der Waals surface area contributed by atoms with Crippen molar-refractivity contribution in [1.82, 2.24) is 9.78 Å². The van der Waals surface area contributed by atoms with E-state index in [1.165, 1.54) is 17.8 Å². The lowest BCUT2D eigenvalue weighted by Gasteiger charge is -2.09. The van der Waals surface area contributed by atoms with E-state index in [1.807, 2.05) is 18.5 Å². The molecule has 0 aliphatic heterocycles. The lowest BCUT2D eigenvalue weighted by molar-refractivity contribution is 0.573. The summed E-state index contributed by atoms with van der Waals surface area (Å²) in [7, 11) is 0. The van der Waals surface area contributed by atoms with E-state index < -0.39 is 0 Å². The van der Waals surface area contributed by atoms with Crippen LogP contribution in [0.2, 0.25) is 0 Å². The van der Waals surface area contributed by atoms with Crippen molar-refractivity contribution in [3.05, 3.63) is 41.5 Å². The molecule has 1 aromatic carbocycles. The van der Waals surface area contributed by atoms with Crippen LogP contribution < -0.4 is 11.1 Å². The molecule has 102 valence electrons. The summed E-state index contributed by atoms with van der Waals surface area (Å²) >= 11 is 0. The molecular weight excluding hydrogens is 243 g/mol. The minimum Gasteiger partial charge on any atom is -0.397 e. The standard InChI is InChI=1S/C14H19FN4/c1-10-8-11(2)19(18-10)7-3-6-17-14-5-4-12(15)9-13(14)16/h4-5,8-9,17H,3,6-7,16H2,1-2H3. The molecule has 0 aliphatic carbocycles. The maximum absolute atomic E-state index is 12.9. The van der Waals surface area contributed by atoms with E-state index >= 15 is 0 Å². The van der Waals surface area contributed by atoms with Crippen LogP contribution in [0.15, 0.2) is 24.3 Å². The van der Waals surface area contributed by atoms with Crippen molar-refractivity contribution < 1.29 is 4.39 Å². The van der Waals surface area contributed by atoms with Gasteiger partial charge in [0.2, 0.25) is 0 Å². The number of anilines is 2. The number of halogens is 1. The van der Waals surface area contributed by atoms with Crippen LogP contribution in [-0.2, 0) is 6.54 Å². The fraction of sp³-hybridized carbons (Fsp3) is 0.357. The third-order valence-corrected chi connectivity index (χ3v) is 2.98. The maximum atomic E-state index is 12.9. The first-order valence-electron chi connectivity index (χ1n) is 6.36. The van der Waals surface area contributed by atoms with Gasteiger partial charge in [-0.05, 0) is 44.5 Å². The molecule has 0 atom stereocenters. The Labute approximate surface area is 112 Å². The molecular formula is C14H19FN4. The first-order valence-corrected chi connectivity index (χ1v) is 6.36. The van der Waals surface area contributed by atoms with Crippen molar-refractivity contribution in [2.24, 2.45) is 0 Å². The highest BCUT2D eigenvalue weighted by molar-refractivity contribution is 5.65. The highest BCUT2D eigenvalue weighted by Gasteiger charge is 2.02. The number of nitrogen functional groups attached to an aromatic ring is 1. The number of hydrogen-bond donors (Lipinski definition) is 2. The van der Waals surface area contributed by atoms with Gasteiger partial charge < -0.3 is 11.1 Å². The molecule has 1 heterocycles. The first-order chi connectivity index (χ1) is 9.06. The van der Waals surface area contributed by atoms with Crippen LogP contribution in [0.4, 0.5) is 15.8 Å². The number of benzene rings is 1. The number of rotatable bonds is 5. The molecule has 4 nitrogen and oxygen atoms in total. The molecule has 0 fully saturated rings. The van der Waals surface area contributed by atoms with Crippen molar-refractivity contribution >= 4 is 11.4 Å². The van der Waals surface area contributed by atoms with Gasteiger partial charge in [-0.1, -0.05) is 0 Å². The van der Waals surface area contributed by atoms with E-state index in [-0.39, 0.29) is 5.82 Å². The Morgan fingerprint density at radius 2 is 2.11 bits per heavy atom. The maximum Gasteiger partial charge on any atom is 0.125 e. The Kier molecular flexibility index (Phi) is 4.04. The van der Waals surface area contributed by atoms with Crippen LogP contribution in [0.5, 0.6) is 0 Å². The number of nitrogens with one attached hydrogen (secondary N) is 1. The van der Waals surface area contributed by atoms with Crippen molar-refractivity contribution in [2.75, 3.05) is 17.6 Å². The Bertz CT molecular complexity index is 563. The van der Waals surface area contributed by atoms with E-state index in [4.69, 9.17) is 5.73 Å². The number of nitrogens with zero attached hydrogens (tertiary/aromatic N) is 2. The monoisotopic (exact) mass is 262 g/mol. The zero-order chi connectivity index (χ0) is 13.8. The molecule has 0 amide bonds. The number of hydrogen-bond acceptors (Lipinski definition) is 3. The van der Waals surface area contributed by atoms with Crippen LogP contribution >= 0.6 is 0 Å². The summed E-state index contributed by atoms with van der Waals surface area (Å²) in [5, 5.41) is 7.60. The molecule has 0 aliphatic rings. The molecule has 2 aromatic rings. The van der Waals surface area contributed by atoms with Gasteiger partial charge in [-0.3, -0.25) is 4.68 Å². The molecule has 0 saturated carbocycles. The summed E-state index contributed by atoms with van der Waals surface area (Å²) in [6, 6.07) is 6.45. The van der Waals surface area contributed by atoms with E-state index in [0.29, 0.717) is 5.69 Å². The molecule has 3 N–H and O–H groups in total. The lowest BCUT2D eigenvalue weighted by Crippen LogP contribution is -2.10. The van der Waals surface area contributed by atoms with E-state index in [0.717, 1.165) is 30.9 Å². The van der Waals surface area contributed by atoms with Crippen LogP contribution in [0, 0.1) is 19.7 Å². The van der Waals surface area contributed by atoms with Gasteiger partial charge in [-0.25, -0.2) is 4.39 Å². The summed E-state index contributed by atoms with van der Waals surface area (Å²) in [6.07, 6.45) is 0.929. The van der Waals surface area contributed by atoms with Crippen LogP contribution in [0.1, 0.15) is 17.8 Å². The predicted molar refractivity (Wildman–Crippen MR) is 75.6 cm³/mol. The average molecular weight is 262 g/mol. The summed E-state index contributed by atoms with van der Waals surface area (Å²) in [5.41, 5.74) is 9.13. The zero-order valence-electron chi connectivity index (χ0n) is 11.3. The summed E-state index contributed by atoms with van der Waals surface area (Å²) in [6.45, 7) is 5.66. The van der Waals surface area contributed by atoms with Gasteiger partial charge in [-0.15, -0.1) is 0 Å². The third kappa shape index (κ3) is 3.47. The van der Waals surface area contributed by atoms with Crippen molar-refractivity contribution in [3.8, 4) is 0 Å². The minimum absolute atomic E-state index is 0.314. The fourth-order valence-electron chi connectivity index (χ4n) is 2.05. The second-order valence-electron chi connectivity index (χ2n) is 4.66. The highest BCUT2D eigenvalue weighted by Crippen LogP contribution is 2.18. The molecule has 0 radical (unpaired) electrons. The highest BCUT2D eigenvalue weighted by atomic mass is 19.1. The average Bonchev–Trinajstić information content (AvgIpc) is 2.65. The molecule has 19 heavy (non-hydrogen) atoms. The van der Waals surface area contributed by atoms with Crippen molar-refractivity contribution in [2.45, 2.75) is 26.8 Å². The van der Waals surface area contributed by atoms with Gasteiger partial charge in [0.1, 0.15) is 5.82 Å². The molecule has 2 rings (SSSR count). The summed E-state index contributed by atoms with van der Waals surface area (Å²) in [4.78, 5) is 0. The largest absolute Gasteiger partial charge is 0.397 e. The quantitative estimate of drug-likeness (QED) is 0.643. The summed E-state index contributed by atoms with van der Waals surface area (Å²) < 4.78 is 14.9. The van der Waals surface area contributed by atoms with Gasteiger partial charge >= 0.3 is 0 Å².